The van der Waals surface area contributed by atoms with E-state index in [-0.39, 0.29) is 5.54 Å². The number of rotatable bonds is 4. The molecule has 0 unspecified atom stereocenters. The van der Waals surface area contributed by atoms with Crippen molar-refractivity contribution < 1.29 is 4.79 Å². The third kappa shape index (κ3) is 1.83. The molecule has 0 atom stereocenters. The van der Waals surface area contributed by atoms with Gasteiger partial charge < -0.3 is 0 Å². The van der Waals surface area contributed by atoms with Crippen LogP contribution in [0.2, 0.25) is 0 Å². The molecule has 0 aliphatic heterocycles. The fourth-order valence-electron chi connectivity index (χ4n) is 1.05. The number of nitrogens with zero attached hydrogens (tertiary/aromatic N) is 1. The zero-order valence-corrected chi connectivity index (χ0v) is 6.52. The molecule has 2 nitrogen and oxygen atoms in total. The van der Waals surface area contributed by atoms with Crippen LogP contribution >= 0.6 is 11.6 Å². The second kappa shape index (κ2) is 3.18. The highest BCUT2D eigenvalue weighted by molar-refractivity contribution is 6.17. The van der Waals surface area contributed by atoms with Gasteiger partial charge in [0.25, 0.3) is 0 Å². The number of carbonyl (C=O) groups excluding carboxylic acids is 1. The van der Waals surface area contributed by atoms with E-state index in [1.165, 1.54) is 0 Å². The van der Waals surface area contributed by atoms with Crippen molar-refractivity contribution in [3.05, 3.63) is 0 Å². The Kier molecular flexibility index (Phi) is 2.47. The molecule has 3 heteroatoms. The first-order valence-electron chi connectivity index (χ1n) is 3.48. The number of aliphatic imine (C=N–C) groups is 1. The molecule has 0 spiro atoms. The van der Waals surface area contributed by atoms with Gasteiger partial charge in [-0.2, -0.15) is 4.99 Å². The van der Waals surface area contributed by atoms with Crippen molar-refractivity contribution >= 4 is 17.7 Å². The second-order valence-corrected chi connectivity index (χ2v) is 3.10. The van der Waals surface area contributed by atoms with Gasteiger partial charge in [0.05, 0.1) is 5.54 Å². The van der Waals surface area contributed by atoms with Gasteiger partial charge in [-0.05, 0) is 25.7 Å². The quantitative estimate of drug-likeness (QED) is 0.350. The third-order valence-electron chi connectivity index (χ3n) is 1.89. The minimum atomic E-state index is -0.0311. The highest BCUT2D eigenvalue weighted by atomic mass is 35.5. The summed E-state index contributed by atoms with van der Waals surface area (Å²) < 4.78 is 0. The van der Waals surface area contributed by atoms with E-state index in [1.807, 2.05) is 0 Å². The van der Waals surface area contributed by atoms with Crippen molar-refractivity contribution in [2.45, 2.75) is 31.2 Å². The van der Waals surface area contributed by atoms with E-state index < -0.39 is 0 Å². The largest absolute Gasteiger partial charge is 0.235 e. The van der Waals surface area contributed by atoms with Crippen LogP contribution in [0.5, 0.6) is 0 Å². The molecule has 1 fully saturated rings. The van der Waals surface area contributed by atoms with E-state index in [0.717, 1.165) is 25.7 Å². The molecule has 0 aromatic carbocycles. The Morgan fingerprint density at radius 2 is 2.30 bits per heavy atom. The van der Waals surface area contributed by atoms with E-state index >= 15 is 0 Å². The molecule has 0 bridgehead atoms. The molecular weight excluding hydrogens is 150 g/mol. The molecule has 0 aromatic heterocycles. The van der Waals surface area contributed by atoms with Crippen LogP contribution in [0.4, 0.5) is 0 Å². The molecule has 1 rings (SSSR count). The van der Waals surface area contributed by atoms with E-state index in [2.05, 4.69) is 4.99 Å². The first-order valence-corrected chi connectivity index (χ1v) is 4.01. The summed E-state index contributed by atoms with van der Waals surface area (Å²) in [5.74, 6) is 0.663. The summed E-state index contributed by atoms with van der Waals surface area (Å²) in [4.78, 5) is 13.6. The van der Waals surface area contributed by atoms with E-state index in [1.54, 1.807) is 6.08 Å². The van der Waals surface area contributed by atoms with Gasteiger partial charge in [-0.1, -0.05) is 0 Å². The number of alkyl halides is 1. The van der Waals surface area contributed by atoms with Gasteiger partial charge >= 0.3 is 0 Å². The van der Waals surface area contributed by atoms with Gasteiger partial charge in [-0.3, -0.25) is 0 Å². The lowest BCUT2D eigenvalue weighted by atomic mass is 10.1. The Morgan fingerprint density at radius 3 is 2.70 bits per heavy atom. The van der Waals surface area contributed by atoms with Crippen LogP contribution in [-0.2, 0) is 4.79 Å². The van der Waals surface area contributed by atoms with Crippen LogP contribution in [0.3, 0.4) is 0 Å². The number of isocyanates is 1. The summed E-state index contributed by atoms with van der Waals surface area (Å²) in [7, 11) is 0. The van der Waals surface area contributed by atoms with E-state index in [9.17, 15) is 4.79 Å². The molecule has 0 amide bonds. The maximum atomic E-state index is 9.90. The highest BCUT2D eigenvalue weighted by Gasteiger charge is 2.41. The summed E-state index contributed by atoms with van der Waals surface area (Å²) in [5.41, 5.74) is -0.0311. The van der Waals surface area contributed by atoms with Crippen molar-refractivity contribution in [1.82, 2.24) is 0 Å². The van der Waals surface area contributed by atoms with Crippen LogP contribution in [0, 0.1) is 0 Å². The molecule has 1 aliphatic carbocycles. The maximum Gasteiger partial charge on any atom is 0.235 e. The van der Waals surface area contributed by atoms with Crippen molar-refractivity contribution in [3.63, 3.8) is 0 Å². The number of halogens is 1. The summed E-state index contributed by atoms with van der Waals surface area (Å²) >= 11 is 5.50. The predicted octanol–water partition coefficient (Wildman–Crippen LogP) is 1.87. The van der Waals surface area contributed by atoms with Crippen LogP contribution < -0.4 is 0 Å². The average molecular weight is 160 g/mol. The van der Waals surface area contributed by atoms with Crippen molar-refractivity contribution in [3.8, 4) is 0 Å². The molecular formula is C7H10ClNO. The lowest BCUT2D eigenvalue weighted by Gasteiger charge is -2.03. The Labute approximate surface area is 65.3 Å². The van der Waals surface area contributed by atoms with Gasteiger partial charge in [0.2, 0.25) is 6.08 Å². The van der Waals surface area contributed by atoms with Gasteiger partial charge in [-0.15, -0.1) is 11.6 Å². The first kappa shape index (κ1) is 7.77. The normalized spacial score (nSPS) is 19.7. The van der Waals surface area contributed by atoms with Gasteiger partial charge in [0, 0.05) is 5.88 Å². The lowest BCUT2D eigenvalue weighted by molar-refractivity contribution is 0.544. The lowest BCUT2D eigenvalue weighted by Crippen LogP contribution is -2.03. The van der Waals surface area contributed by atoms with Gasteiger partial charge in [0.1, 0.15) is 0 Å². The summed E-state index contributed by atoms with van der Waals surface area (Å²) in [6.07, 6.45) is 5.59. The van der Waals surface area contributed by atoms with E-state index in [0.29, 0.717) is 5.88 Å². The van der Waals surface area contributed by atoms with Crippen LogP contribution in [0.25, 0.3) is 0 Å². The average Bonchev–Trinajstić information content (AvgIpc) is 2.67. The Hall–Kier alpha value is -0.330. The molecule has 0 radical (unpaired) electrons. The topological polar surface area (TPSA) is 29.4 Å². The van der Waals surface area contributed by atoms with Crippen LogP contribution in [0.1, 0.15) is 25.7 Å². The molecule has 0 aromatic rings. The summed E-state index contributed by atoms with van der Waals surface area (Å²) in [6.45, 7) is 0. The van der Waals surface area contributed by atoms with Crippen molar-refractivity contribution in [2.75, 3.05) is 5.88 Å². The highest BCUT2D eigenvalue weighted by Crippen LogP contribution is 2.43. The van der Waals surface area contributed by atoms with Crippen molar-refractivity contribution in [1.29, 1.82) is 0 Å². The Bertz CT molecular complexity index is 159. The minimum absolute atomic E-state index is 0.0311. The van der Waals surface area contributed by atoms with Crippen LogP contribution in [0.15, 0.2) is 4.99 Å². The molecule has 1 saturated carbocycles. The Morgan fingerprint density at radius 1 is 1.60 bits per heavy atom. The number of hydrogen-bond acceptors (Lipinski definition) is 2. The zero-order valence-electron chi connectivity index (χ0n) is 5.77. The standard InChI is InChI=1S/C7H10ClNO/c8-5-1-2-7(3-4-7)9-6-10/h1-5H2. The minimum Gasteiger partial charge on any atom is -0.211 e. The van der Waals surface area contributed by atoms with Gasteiger partial charge in [0.15, 0.2) is 0 Å². The zero-order chi connectivity index (χ0) is 7.45. The molecule has 1 aliphatic rings. The summed E-state index contributed by atoms with van der Waals surface area (Å²) in [5, 5.41) is 0. The third-order valence-corrected chi connectivity index (χ3v) is 2.15. The first-order chi connectivity index (χ1) is 4.83. The second-order valence-electron chi connectivity index (χ2n) is 2.72. The fourth-order valence-corrected chi connectivity index (χ4v) is 1.19. The molecule has 0 N–H and O–H groups in total. The maximum absolute atomic E-state index is 9.90. The number of hydrogen-bond donors (Lipinski definition) is 0. The summed E-state index contributed by atoms with van der Waals surface area (Å²) in [6, 6.07) is 0. The molecule has 56 valence electrons. The van der Waals surface area contributed by atoms with Gasteiger partial charge in [-0.25, -0.2) is 4.79 Å². The SMILES string of the molecule is O=C=NC1(CCCCl)CC1. The fraction of sp³-hybridized carbons (Fsp3) is 0.857. The van der Waals surface area contributed by atoms with Crippen LogP contribution in [-0.4, -0.2) is 17.5 Å². The monoisotopic (exact) mass is 159 g/mol. The smallest absolute Gasteiger partial charge is 0.211 e. The van der Waals surface area contributed by atoms with E-state index in [4.69, 9.17) is 11.6 Å². The van der Waals surface area contributed by atoms with Crippen molar-refractivity contribution in [2.24, 2.45) is 4.99 Å². The Balaban J connectivity index is 2.30. The molecule has 10 heavy (non-hydrogen) atoms. The predicted molar refractivity (Wildman–Crippen MR) is 40.0 cm³/mol. The molecule has 0 heterocycles. The molecule has 0 saturated heterocycles.